The van der Waals surface area contributed by atoms with Crippen molar-refractivity contribution >= 4 is 43.6 Å². The first-order chi connectivity index (χ1) is 43.3. The number of hydrogen-bond donors (Lipinski definition) is 0. The molecule has 0 saturated carbocycles. The Morgan fingerprint density at radius 1 is 0.250 bits per heavy atom. The van der Waals surface area contributed by atoms with Gasteiger partial charge in [-0.15, -0.1) is 0 Å². The molecule has 14 rings (SSSR count). The molecule has 0 aliphatic rings. The van der Waals surface area contributed by atoms with E-state index in [1.807, 2.05) is 146 Å². The van der Waals surface area contributed by atoms with Gasteiger partial charge in [0.15, 0.2) is 17.5 Å². The summed E-state index contributed by atoms with van der Waals surface area (Å²) in [5.74, 6) is 1.42. The van der Waals surface area contributed by atoms with E-state index in [-0.39, 0.29) is 33.4 Å². The van der Waals surface area contributed by atoms with Crippen LogP contribution in [0, 0.1) is 79.3 Å². The van der Waals surface area contributed by atoms with Gasteiger partial charge in [-0.2, -0.15) is 36.8 Å². The van der Waals surface area contributed by atoms with Gasteiger partial charge >= 0.3 is 0 Å². The summed E-state index contributed by atoms with van der Waals surface area (Å²) in [5.41, 5.74) is 14.4. The third-order valence-electron chi connectivity index (χ3n) is 16.0. The molecule has 12 heteroatoms. The van der Waals surface area contributed by atoms with Crippen LogP contribution in [-0.4, -0.2) is 24.1 Å². The minimum atomic E-state index is 0.208. The highest BCUT2D eigenvalue weighted by Gasteiger charge is 2.25. The molecule has 0 amide bonds. The third kappa shape index (κ3) is 8.85. The second kappa shape index (κ2) is 21.7. The quantitative estimate of drug-likeness (QED) is 0.133. The normalized spacial score (nSPS) is 10.9. The van der Waals surface area contributed by atoms with Crippen molar-refractivity contribution < 1.29 is 0 Å². The summed E-state index contributed by atoms with van der Waals surface area (Å²) in [5, 5.41) is 75.2. The average Bonchev–Trinajstić information content (AvgIpc) is 2.03. The maximum atomic E-state index is 10.5. The molecule has 0 fully saturated rings. The molecular formula is C76H38N12. The van der Waals surface area contributed by atoms with Gasteiger partial charge in [-0.3, -0.25) is 0 Å². The monoisotopic (exact) mass is 1120 g/mol. The van der Waals surface area contributed by atoms with Crippen LogP contribution in [0.1, 0.15) is 38.9 Å². The molecule has 0 unspecified atom stereocenters. The van der Waals surface area contributed by atoms with E-state index in [4.69, 9.17) is 15.0 Å². The van der Waals surface area contributed by atoms with Crippen molar-refractivity contribution in [1.82, 2.24) is 24.1 Å². The molecule has 3 heterocycles. The van der Waals surface area contributed by atoms with Gasteiger partial charge in [0, 0.05) is 60.5 Å². The highest BCUT2D eigenvalue weighted by Crippen LogP contribution is 2.45. The summed E-state index contributed by atoms with van der Waals surface area (Å²) in [6.07, 6.45) is 0. The highest BCUT2D eigenvalue weighted by molar-refractivity contribution is 6.13. The molecule has 402 valence electrons. The van der Waals surface area contributed by atoms with E-state index in [1.54, 1.807) is 6.07 Å². The Bertz CT molecular complexity index is 5480. The topological polar surface area (TPSA) is 215 Å². The van der Waals surface area contributed by atoms with Gasteiger partial charge in [-0.1, -0.05) is 133 Å². The lowest BCUT2D eigenvalue weighted by Gasteiger charge is -2.21. The lowest BCUT2D eigenvalue weighted by atomic mass is 9.92. The van der Waals surface area contributed by atoms with Crippen LogP contribution in [0.3, 0.4) is 0 Å². The molecule has 0 aliphatic carbocycles. The first-order valence-corrected chi connectivity index (χ1v) is 27.8. The second-order valence-electron chi connectivity index (χ2n) is 20.9. The van der Waals surface area contributed by atoms with E-state index in [1.165, 1.54) is 24.3 Å². The predicted octanol–water partition coefficient (Wildman–Crippen LogP) is 16.8. The molecule has 14 aromatic rings. The molecule has 11 aromatic carbocycles. The smallest absolute Gasteiger partial charge is 0.164 e. The fraction of sp³-hybridized carbons (Fsp3) is 0. The Morgan fingerprint density at radius 2 is 0.659 bits per heavy atom. The van der Waals surface area contributed by atoms with Crippen molar-refractivity contribution in [2.75, 3.05) is 0 Å². The maximum absolute atomic E-state index is 10.5. The van der Waals surface area contributed by atoms with Crippen molar-refractivity contribution in [3.8, 4) is 133 Å². The van der Waals surface area contributed by atoms with Crippen molar-refractivity contribution in [3.05, 3.63) is 269 Å². The van der Waals surface area contributed by atoms with Gasteiger partial charge in [-0.25, -0.2) is 15.0 Å². The fourth-order valence-electron chi connectivity index (χ4n) is 12.1. The Labute approximate surface area is 503 Å². The van der Waals surface area contributed by atoms with E-state index in [9.17, 15) is 36.8 Å². The molecular weight excluding hydrogens is 1080 g/mol. The molecule has 0 aliphatic heterocycles. The number of rotatable bonds is 9. The average molecular weight is 1120 g/mol. The van der Waals surface area contributed by atoms with Gasteiger partial charge < -0.3 is 9.13 Å². The zero-order valence-corrected chi connectivity index (χ0v) is 46.3. The van der Waals surface area contributed by atoms with E-state index < -0.39 is 0 Å². The molecule has 0 N–H and O–H groups in total. The summed E-state index contributed by atoms with van der Waals surface area (Å²) in [6, 6.07) is 89.2. The molecule has 0 radical (unpaired) electrons. The largest absolute Gasteiger partial charge is 0.309 e. The number of nitriles is 7. The number of fused-ring (bicyclic) bond motifs is 6. The van der Waals surface area contributed by atoms with Crippen LogP contribution in [0.5, 0.6) is 0 Å². The molecule has 0 spiro atoms. The van der Waals surface area contributed by atoms with Crippen LogP contribution in [-0.2, 0) is 0 Å². The summed E-state index contributed by atoms with van der Waals surface area (Å²) in [6.45, 7) is 0. The maximum Gasteiger partial charge on any atom is 0.164 e. The van der Waals surface area contributed by atoms with Gasteiger partial charge in [-0.05, 0) is 119 Å². The van der Waals surface area contributed by atoms with E-state index in [0.29, 0.717) is 50.9 Å². The Morgan fingerprint density at radius 3 is 1.15 bits per heavy atom. The first-order valence-electron chi connectivity index (χ1n) is 27.8. The Balaban J connectivity index is 1.09. The summed E-state index contributed by atoms with van der Waals surface area (Å²) in [7, 11) is 0. The predicted molar refractivity (Wildman–Crippen MR) is 340 cm³/mol. The molecule has 0 atom stereocenters. The molecule has 0 bridgehead atoms. The van der Waals surface area contributed by atoms with Crippen LogP contribution in [0.25, 0.3) is 134 Å². The van der Waals surface area contributed by atoms with Crippen LogP contribution in [0.2, 0.25) is 0 Å². The van der Waals surface area contributed by atoms with Gasteiger partial charge in [0.1, 0.15) is 0 Å². The Hall–Kier alpha value is -13.5. The summed E-state index contributed by atoms with van der Waals surface area (Å²) < 4.78 is 4.46. The van der Waals surface area contributed by atoms with Gasteiger partial charge in [0.2, 0.25) is 0 Å². The van der Waals surface area contributed by atoms with Gasteiger partial charge in [0.25, 0.3) is 0 Å². The molecule has 0 saturated heterocycles. The molecule has 3 aromatic heterocycles. The van der Waals surface area contributed by atoms with Crippen LogP contribution in [0.15, 0.2) is 231 Å². The standard InChI is InChI=1S/C76H38N12/c77-39-46-12-11-17-51(30-46)52-22-26-62(71(38-52)88-67-21-10-8-19-61(67)64-36-54(24-28-70(64)88)73-58(44-82)33-48(41-79)34-59(73)45-83)65-37-55(76-85-74(49-13-3-1-4-14-49)84-75(86-76)50-15-5-2-6-16-50)25-29-69(65)87-66-20-9-7-18-60(66)63-35-53(23-27-68(63)87)72-56(42-80)31-47(40-78)32-57(72)43-81/h1-38H. The number of hydrogen-bond acceptors (Lipinski definition) is 10. The van der Waals surface area contributed by atoms with Crippen molar-refractivity contribution in [1.29, 1.82) is 36.8 Å². The minimum Gasteiger partial charge on any atom is -0.309 e. The summed E-state index contributed by atoms with van der Waals surface area (Å²) >= 11 is 0. The minimum absolute atomic E-state index is 0.208. The number of para-hydroxylation sites is 2. The Kier molecular flexibility index (Phi) is 12.9. The molecule has 12 nitrogen and oxygen atoms in total. The lowest BCUT2D eigenvalue weighted by Crippen LogP contribution is -2.04. The van der Waals surface area contributed by atoms with Crippen LogP contribution in [0.4, 0.5) is 0 Å². The zero-order chi connectivity index (χ0) is 60.0. The summed E-state index contributed by atoms with van der Waals surface area (Å²) in [4.78, 5) is 15.5. The molecule has 88 heavy (non-hydrogen) atoms. The second-order valence-corrected chi connectivity index (χ2v) is 20.9. The number of benzene rings is 11. The SMILES string of the molecule is N#Cc1cccc(-c2ccc(-c3cc(-c4nc(-c5ccccc5)nc(-c5ccccc5)n4)ccc3-n3c4ccccc4c4cc(-c5c(C#N)cc(C#N)cc5C#N)ccc43)c(-n3c4ccccc4c4cc(-c5c(C#N)cc(C#N)cc5C#N)ccc43)c2)c1. The van der Waals surface area contributed by atoms with E-state index in [2.05, 4.69) is 106 Å². The van der Waals surface area contributed by atoms with Crippen molar-refractivity contribution in [3.63, 3.8) is 0 Å². The van der Waals surface area contributed by atoms with E-state index >= 15 is 0 Å². The zero-order valence-electron chi connectivity index (χ0n) is 46.3. The third-order valence-corrected chi connectivity index (χ3v) is 16.0. The van der Waals surface area contributed by atoms with Crippen LogP contribution >= 0.6 is 0 Å². The highest BCUT2D eigenvalue weighted by atomic mass is 15.0. The van der Waals surface area contributed by atoms with E-state index in [0.717, 1.165) is 88.4 Å². The first kappa shape index (κ1) is 52.5. The van der Waals surface area contributed by atoms with Gasteiger partial charge in [0.05, 0.1) is 115 Å². The lowest BCUT2D eigenvalue weighted by molar-refractivity contribution is 1.07. The number of aromatic nitrogens is 5. The number of nitrogens with zero attached hydrogens (tertiary/aromatic N) is 12. The van der Waals surface area contributed by atoms with Crippen molar-refractivity contribution in [2.24, 2.45) is 0 Å². The van der Waals surface area contributed by atoms with Crippen LogP contribution < -0.4 is 0 Å². The fourth-order valence-corrected chi connectivity index (χ4v) is 12.1. The van der Waals surface area contributed by atoms with Crippen molar-refractivity contribution in [2.45, 2.75) is 0 Å².